The molecule has 0 amide bonds. The molecule has 3 heterocycles. The van der Waals surface area contributed by atoms with Crippen LogP contribution in [-0.4, -0.2) is 31.2 Å². The summed E-state index contributed by atoms with van der Waals surface area (Å²) in [4.78, 5) is 18.0. The minimum atomic E-state index is -0.484. The van der Waals surface area contributed by atoms with E-state index in [0.29, 0.717) is 22.9 Å². The van der Waals surface area contributed by atoms with Crippen LogP contribution in [0, 0.1) is 13.8 Å². The zero-order valence-corrected chi connectivity index (χ0v) is 15.3. The number of nitrogen functional groups attached to an aromatic ring is 1. The summed E-state index contributed by atoms with van der Waals surface area (Å²) in [5.74, 6) is 0.0363. The number of aromatic nitrogens is 5. The summed E-state index contributed by atoms with van der Waals surface area (Å²) in [6.07, 6.45) is 1.99. The average molecular weight is 360 g/mol. The first-order chi connectivity index (χ1) is 12.0. The Morgan fingerprint density at radius 3 is 2.96 bits per heavy atom. The second-order valence-electron chi connectivity index (χ2n) is 5.85. The van der Waals surface area contributed by atoms with E-state index in [9.17, 15) is 4.79 Å². The third-order valence-corrected chi connectivity index (χ3v) is 4.95. The van der Waals surface area contributed by atoms with Crippen LogP contribution in [0.1, 0.15) is 46.5 Å². The fourth-order valence-corrected chi connectivity index (χ4v) is 3.73. The predicted molar refractivity (Wildman–Crippen MR) is 95.4 cm³/mol. The van der Waals surface area contributed by atoms with Crippen LogP contribution in [0.4, 0.5) is 5.69 Å². The van der Waals surface area contributed by atoms with Crippen molar-refractivity contribution in [2.75, 3.05) is 5.73 Å². The van der Waals surface area contributed by atoms with Gasteiger partial charge in [-0.25, -0.2) is 14.5 Å². The number of fused-ring (bicyclic) bond motifs is 1. The molecule has 25 heavy (non-hydrogen) atoms. The van der Waals surface area contributed by atoms with Crippen molar-refractivity contribution in [3.8, 4) is 0 Å². The number of carbonyl (C=O) groups excluding carboxylic acids is 1. The standard InChI is InChI=1S/C16H20N6O2S/c1-4-5-6-22-11(19-20-21-22)8-24-16(23)14-13(17)12-9(2)7-10(3)18-15(12)25-14/h7H,4-6,8,17H2,1-3H3. The number of thiophene rings is 1. The number of nitrogens with zero attached hydrogens (tertiary/aromatic N) is 5. The summed E-state index contributed by atoms with van der Waals surface area (Å²) in [6.45, 7) is 6.66. The van der Waals surface area contributed by atoms with Crippen LogP contribution in [0.25, 0.3) is 10.2 Å². The number of hydrogen-bond acceptors (Lipinski definition) is 8. The molecule has 3 rings (SSSR count). The molecule has 0 saturated carbocycles. The summed E-state index contributed by atoms with van der Waals surface area (Å²) in [5, 5.41) is 12.3. The highest BCUT2D eigenvalue weighted by Gasteiger charge is 2.21. The topological polar surface area (TPSA) is 109 Å². The minimum absolute atomic E-state index is 0.00860. The van der Waals surface area contributed by atoms with Gasteiger partial charge in [-0.05, 0) is 42.3 Å². The van der Waals surface area contributed by atoms with Gasteiger partial charge in [0.25, 0.3) is 0 Å². The maximum absolute atomic E-state index is 12.5. The number of tetrazole rings is 1. The molecular weight excluding hydrogens is 340 g/mol. The van der Waals surface area contributed by atoms with Crippen LogP contribution in [0.2, 0.25) is 0 Å². The maximum atomic E-state index is 12.5. The first-order valence-corrected chi connectivity index (χ1v) is 8.91. The van der Waals surface area contributed by atoms with Crippen molar-refractivity contribution in [2.45, 2.75) is 46.8 Å². The van der Waals surface area contributed by atoms with E-state index in [1.807, 2.05) is 19.9 Å². The summed E-state index contributed by atoms with van der Waals surface area (Å²) >= 11 is 1.25. The summed E-state index contributed by atoms with van der Waals surface area (Å²) in [7, 11) is 0. The fourth-order valence-electron chi connectivity index (χ4n) is 2.62. The Morgan fingerprint density at radius 2 is 2.20 bits per heavy atom. The van der Waals surface area contributed by atoms with Gasteiger partial charge in [0.05, 0.1) is 5.69 Å². The second-order valence-corrected chi connectivity index (χ2v) is 6.85. The zero-order valence-electron chi connectivity index (χ0n) is 14.4. The largest absolute Gasteiger partial charge is 0.453 e. The van der Waals surface area contributed by atoms with Gasteiger partial charge in [0, 0.05) is 17.6 Å². The molecule has 0 fully saturated rings. The Bertz CT molecular complexity index is 917. The number of rotatable bonds is 6. The highest BCUT2D eigenvalue weighted by molar-refractivity contribution is 7.21. The first-order valence-electron chi connectivity index (χ1n) is 8.09. The lowest BCUT2D eigenvalue weighted by Crippen LogP contribution is -2.11. The number of anilines is 1. The second kappa shape index (κ2) is 7.14. The molecule has 3 aromatic rings. The minimum Gasteiger partial charge on any atom is -0.453 e. The number of carbonyl (C=O) groups is 1. The molecule has 0 atom stereocenters. The molecular formula is C16H20N6O2S. The average Bonchev–Trinajstić information content (AvgIpc) is 3.14. The van der Waals surface area contributed by atoms with Gasteiger partial charge in [0.15, 0.2) is 12.4 Å². The van der Waals surface area contributed by atoms with E-state index in [0.717, 1.165) is 34.3 Å². The third kappa shape index (κ3) is 3.46. The Labute approximate surface area is 149 Å². The lowest BCUT2D eigenvalue weighted by atomic mass is 10.1. The Balaban J connectivity index is 1.78. The summed E-state index contributed by atoms with van der Waals surface area (Å²) < 4.78 is 7.03. The molecule has 0 aliphatic heterocycles. The highest BCUT2D eigenvalue weighted by atomic mass is 32.1. The van der Waals surface area contributed by atoms with E-state index in [-0.39, 0.29) is 6.61 Å². The number of unbranched alkanes of at least 4 members (excludes halogenated alkanes) is 1. The van der Waals surface area contributed by atoms with Gasteiger partial charge in [0.1, 0.15) is 9.71 Å². The summed E-state index contributed by atoms with van der Waals surface area (Å²) in [6, 6.07) is 1.95. The molecule has 0 unspecified atom stereocenters. The van der Waals surface area contributed by atoms with Crippen molar-refractivity contribution in [3.63, 3.8) is 0 Å². The monoisotopic (exact) mass is 360 g/mol. The molecule has 0 aliphatic carbocycles. The van der Waals surface area contributed by atoms with Gasteiger partial charge in [-0.15, -0.1) is 16.4 Å². The van der Waals surface area contributed by atoms with Gasteiger partial charge >= 0.3 is 5.97 Å². The molecule has 0 saturated heterocycles. The molecule has 0 bridgehead atoms. The molecule has 2 N–H and O–H groups in total. The van der Waals surface area contributed by atoms with E-state index in [4.69, 9.17) is 10.5 Å². The van der Waals surface area contributed by atoms with E-state index in [1.54, 1.807) is 4.68 Å². The number of hydrogen-bond donors (Lipinski definition) is 1. The van der Waals surface area contributed by atoms with Crippen LogP contribution >= 0.6 is 11.3 Å². The van der Waals surface area contributed by atoms with Crippen LogP contribution < -0.4 is 5.73 Å². The van der Waals surface area contributed by atoms with Crippen LogP contribution in [-0.2, 0) is 17.9 Å². The lowest BCUT2D eigenvalue weighted by Gasteiger charge is -2.05. The number of nitrogens with two attached hydrogens (primary N) is 1. The van der Waals surface area contributed by atoms with Crippen LogP contribution in [0.3, 0.4) is 0 Å². The quantitative estimate of drug-likeness (QED) is 0.673. The number of aryl methyl sites for hydroxylation is 3. The first kappa shape index (κ1) is 17.3. The number of esters is 1. The molecule has 132 valence electrons. The molecule has 9 heteroatoms. The van der Waals surface area contributed by atoms with Crippen molar-refractivity contribution in [1.82, 2.24) is 25.2 Å². The molecule has 0 aliphatic rings. The van der Waals surface area contributed by atoms with E-state index >= 15 is 0 Å². The van der Waals surface area contributed by atoms with Gasteiger partial charge in [-0.1, -0.05) is 13.3 Å². The van der Waals surface area contributed by atoms with Gasteiger partial charge in [0.2, 0.25) is 0 Å². The Morgan fingerprint density at radius 1 is 1.40 bits per heavy atom. The van der Waals surface area contributed by atoms with E-state index in [1.165, 1.54) is 11.3 Å². The molecule has 0 spiro atoms. The third-order valence-electron chi connectivity index (χ3n) is 3.87. The van der Waals surface area contributed by atoms with Crippen LogP contribution in [0.5, 0.6) is 0 Å². The van der Waals surface area contributed by atoms with Crippen molar-refractivity contribution in [3.05, 3.63) is 28.0 Å². The molecule has 3 aromatic heterocycles. The van der Waals surface area contributed by atoms with Crippen molar-refractivity contribution in [2.24, 2.45) is 0 Å². The van der Waals surface area contributed by atoms with Gasteiger partial charge in [-0.3, -0.25) is 0 Å². The normalized spacial score (nSPS) is 11.2. The fraction of sp³-hybridized carbons (Fsp3) is 0.438. The van der Waals surface area contributed by atoms with Gasteiger partial charge in [-0.2, -0.15) is 0 Å². The van der Waals surface area contributed by atoms with Crippen molar-refractivity contribution < 1.29 is 9.53 Å². The SMILES string of the molecule is CCCCn1nnnc1COC(=O)c1sc2nc(C)cc(C)c2c1N. The molecule has 8 nitrogen and oxygen atoms in total. The number of ether oxygens (including phenoxy) is 1. The zero-order chi connectivity index (χ0) is 18.0. The lowest BCUT2D eigenvalue weighted by molar-refractivity contribution is 0.0463. The van der Waals surface area contributed by atoms with E-state index < -0.39 is 5.97 Å². The highest BCUT2D eigenvalue weighted by Crippen LogP contribution is 2.35. The predicted octanol–water partition coefficient (Wildman–Crippen LogP) is 2.64. The smallest absolute Gasteiger partial charge is 0.350 e. The van der Waals surface area contributed by atoms with Crippen molar-refractivity contribution in [1.29, 1.82) is 0 Å². The maximum Gasteiger partial charge on any atom is 0.350 e. The van der Waals surface area contributed by atoms with Crippen LogP contribution in [0.15, 0.2) is 6.07 Å². The number of pyridine rings is 1. The Hall–Kier alpha value is -2.55. The molecule has 0 aromatic carbocycles. The molecule has 0 radical (unpaired) electrons. The Kier molecular flexibility index (Phi) is 4.93. The summed E-state index contributed by atoms with van der Waals surface area (Å²) in [5.41, 5.74) is 8.47. The van der Waals surface area contributed by atoms with Crippen molar-refractivity contribution >= 4 is 33.2 Å². The van der Waals surface area contributed by atoms with E-state index in [2.05, 4.69) is 27.4 Å². The van der Waals surface area contributed by atoms with Gasteiger partial charge < -0.3 is 10.5 Å².